The summed E-state index contributed by atoms with van der Waals surface area (Å²) >= 11 is 9.14. The summed E-state index contributed by atoms with van der Waals surface area (Å²) in [6.45, 7) is 0.255. The number of thiophene rings is 2. The van der Waals surface area contributed by atoms with Crippen LogP contribution in [0.4, 0.5) is 0 Å². The number of sulfonamides is 1. The maximum atomic E-state index is 12.6. The minimum Gasteiger partial charge on any atom is -0.276 e. The molecule has 0 saturated heterocycles. The van der Waals surface area contributed by atoms with Gasteiger partial charge in [-0.15, -0.1) is 22.7 Å². The Morgan fingerprint density at radius 3 is 2.46 bits per heavy atom. The van der Waals surface area contributed by atoms with Gasteiger partial charge in [-0.25, -0.2) is 13.1 Å². The molecule has 144 valence electrons. The molecule has 0 saturated carbocycles. The van der Waals surface area contributed by atoms with Gasteiger partial charge in [0.05, 0.1) is 20.3 Å². The molecule has 0 atom stereocenters. The Kier molecular flexibility index (Phi) is 5.65. The third-order valence-corrected chi connectivity index (χ3v) is 7.62. The van der Waals surface area contributed by atoms with Crippen LogP contribution < -0.4 is 4.72 Å². The molecule has 0 aliphatic heterocycles. The molecule has 3 heterocycles. The highest BCUT2D eigenvalue weighted by atomic mass is 35.5. The minimum absolute atomic E-state index is 0.157. The SMILES string of the molecule is O=S(=O)(NCCc1c(-c2cccs2)n[nH]c1-c1cccs1)c1cccc(Cl)c1. The van der Waals surface area contributed by atoms with Crippen molar-refractivity contribution >= 4 is 44.3 Å². The molecule has 0 unspecified atom stereocenters. The van der Waals surface area contributed by atoms with E-state index in [1.54, 1.807) is 34.8 Å². The summed E-state index contributed by atoms with van der Waals surface area (Å²) in [6, 6.07) is 14.2. The molecule has 0 bridgehead atoms. The lowest BCUT2D eigenvalue weighted by Crippen LogP contribution is -2.26. The lowest BCUT2D eigenvalue weighted by atomic mass is 10.1. The number of nitrogens with zero attached hydrogens (tertiary/aromatic N) is 1. The maximum Gasteiger partial charge on any atom is 0.240 e. The smallest absolute Gasteiger partial charge is 0.240 e. The average molecular weight is 450 g/mol. The van der Waals surface area contributed by atoms with Crippen LogP contribution in [0.15, 0.2) is 64.2 Å². The predicted octanol–water partition coefficient (Wildman–Crippen LogP) is 5.04. The maximum absolute atomic E-state index is 12.6. The molecule has 9 heteroatoms. The topological polar surface area (TPSA) is 74.8 Å². The van der Waals surface area contributed by atoms with E-state index in [0.29, 0.717) is 11.4 Å². The van der Waals surface area contributed by atoms with Crippen LogP contribution >= 0.6 is 34.3 Å². The Hall–Kier alpha value is -1.97. The molecule has 0 spiro atoms. The first-order chi connectivity index (χ1) is 13.5. The van der Waals surface area contributed by atoms with E-state index in [0.717, 1.165) is 26.7 Å². The molecular formula is C19H16ClN3O2S3. The van der Waals surface area contributed by atoms with Gasteiger partial charge in [0, 0.05) is 17.1 Å². The summed E-state index contributed by atoms with van der Waals surface area (Å²) in [5.74, 6) is 0. The molecule has 4 aromatic rings. The fourth-order valence-electron chi connectivity index (χ4n) is 2.88. The Labute approximate surface area is 176 Å². The van der Waals surface area contributed by atoms with Crippen molar-refractivity contribution in [1.82, 2.24) is 14.9 Å². The number of hydrogen-bond donors (Lipinski definition) is 2. The second-order valence-corrected chi connectivity index (χ2v) is 10.1. The quantitative estimate of drug-likeness (QED) is 0.415. The number of H-pyrrole nitrogens is 1. The van der Waals surface area contributed by atoms with Gasteiger partial charge in [0.25, 0.3) is 0 Å². The van der Waals surface area contributed by atoms with Crippen molar-refractivity contribution in [3.8, 4) is 21.1 Å². The Morgan fingerprint density at radius 1 is 1.04 bits per heavy atom. The number of halogens is 1. The van der Waals surface area contributed by atoms with E-state index in [1.165, 1.54) is 12.1 Å². The van der Waals surface area contributed by atoms with Crippen molar-refractivity contribution in [2.75, 3.05) is 6.54 Å². The highest BCUT2D eigenvalue weighted by molar-refractivity contribution is 7.89. The first-order valence-corrected chi connectivity index (χ1v) is 12.1. The van der Waals surface area contributed by atoms with Gasteiger partial charge in [-0.3, -0.25) is 5.10 Å². The second kappa shape index (κ2) is 8.18. The Morgan fingerprint density at radius 2 is 1.79 bits per heavy atom. The molecule has 28 heavy (non-hydrogen) atoms. The molecule has 3 aromatic heterocycles. The van der Waals surface area contributed by atoms with Gasteiger partial charge in [0.15, 0.2) is 0 Å². The van der Waals surface area contributed by atoms with Gasteiger partial charge < -0.3 is 0 Å². The van der Waals surface area contributed by atoms with Crippen LogP contribution in [0, 0.1) is 0 Å². The van der Waals surface area contributed by atoms with Crippen LogP contribution in [0.1, 0.15) is 5.56 Å². The van der Waals surface area contributed by atoms with Gasteiger partial charge in [-0.05, 0) is 47.5 Å². The van der Waals surface area contributed by atoms with E-state index in [2.05, 4.69) is 14.9 Å². The normalized spacial score (nSPS) is 11.8. The molecule has 0 fully saturated rings. The number of nitrogens with one attached hydrogen (secondary N) is 2. The van der Waals surface area contributed by atoms with Crippen molar-refractivity contribution in [2.45, 2.75) is 11.3 Å². The molecule has 0 radical (unpaired) electrons. The number of benzene rings is 1. The zero-order chi connectivity index (χ0) is 19.6. The van der Waals surface area contributed by atoms with E-state index >= 15 is 0 Å². The minimum atomic E-state index is -3.63. The van der Waals surface area contributed by atoms with Crippen LogP contribution in [-0.4, -0.2) is 25.2 Å². The number of hydrogen-bond acceptors (Lipinski definition) is 5. The van der Waals surface area contributed by atoms with Crippen molar-refractivity contribution in [3.05, 3.63) is 69.9 Å². The predicted molar refractivity (Wildman–Crippen MR) is 116 cm³/mol. The van der Waals surface area contributed by atoms with Crippen molar-refractivity contribution < 1.29 is 8.42 Å². The van der Waals surface area contributed by atoms with E-state index < -0.39 is 10.0 Å². The first kappa shape index (κ1) is 19.4. The molecule has 4 rings (SSSR count). The molecule has 1 aromatic carbocycles. The first-order valence-electron chi connectivity index (χ1n) is 8.45. The van der Waals surface area contributed by atoms with Gasteiger partial charge in [0.1, 0.15) is 5.69 Å². The second-order valence-electron chi connectivity index (χ2n) is 5.99. The Balaban J connectivity index is 1.58. The van der Waals surface area contributed by atoms with Gasteiger partial charge in [0.2, 0.25) is 10.0 Å². The molecule has 2 N–H and O–H groups in total. The largest absolute Gasteiger partial charge is 0.276 e. The third-order valence-electron chi connectivity index (χ3n) is 4.16. The average Bonchev–Trinajstić information content (AvgIpc) is 3.42. The van der Waals surface area contributed by atoms with E-state index in [4.69, 9.17) is 11.6 Å². The summed E-state index contributed by atoms with van der Waals surface area (Å²) in [4.78, 5) is 2.28. The highest BCUT2D eigenvalue weighted by Gasteiger charge is 2.19. The van der Waals surface area contributed by atoms with Crippen LogP contribution in [-0.2, 0) is 16.4 Å². The van der Waals surface area contributed by atoms with Crippen LogP contribution in [0.3, 0.4) is 0 Å². The fourth-order valence-corrected chi connectivity index (χ4v) is 5.70. The summed E-state index contributed by atoms with van der Waals surface area (Å²) in [6.07, 6.45) is 0.511. The number of aromatic nitrogens is 2. The zero-order valence-corrected chi connectivity index (χ0v) is 17.8. The summed E-state index contributed by atoms with van der Waals surface area (Å²) in [5.41, 5.74) is 2.79. The lowest BCUT2D eigenvalue weighted by molar-refractivity contribution is 0.581. The Bertz CT molecular complexity index is 1120. The fraction of sp³-hybridized carbons (Fsp3) is 0.105. The molecule has 0 aliphatic carbocycles. The number of aromatic amines is 1. The standard InChI is InChI=1S/C19H16ClN3O2S3/c20-13-4-1-5-14(12-13)28(24,25)21-9-8-15-18(16-6-2-10-26-16)22-23-19(15)17-7-3-11-27-17/h1-7,10-12,21H,8-9H2,(H,22,23). The number of rotatable bonds is 7. The van der Waals surface area contributed by atoms with Crippen LogP contribution in [0.2, 0.25) is 5.02 Å². The molecule has 0 aliphatic rings. The molecule has 0 amide bonds. The van der Waals surface area contributed by atoms with Crippen LogP contribution in [0.5, 0.6) is 0 Å². The highest BCUT2D eigenvalue weighted by Crippen LogP contribution is 2.34. The van der Waals surface area contributed by atoms with Gasteiger partial charge in [-0.2, -0.15) is 5.10 Å². The summed E-state index contributed by atoms with van der Waals surface area (Å²) in [5, 5.41) is 12.0. The van der Waals surface area contributed by atoms with Crippen molar-refractivity contribution in [2.24, 2.45) is 0 Å². The molecule has 5 nitrogen and oxygen atoms in total. The van der Waals surface area contributed by atoms with E-state index in [9.17, 15) is 8.42 Å². The van der Waals surface area contributed by atoms with Crippen LogP contribution in [0.25, 0.3) is 21.1 Å². The van der Waals surface area contributed by atoms with Crippen molar-refractivity contribution in [1.29, 1.82) is 0 Å². The van der Waals surface area contributed by atoms with Gasteiger partial charge >= 0.3 is 0 Å². The summed E-state index contributed by atoms with van der Waals surface area (Å²) < 4.78 is 27.8. The van der Waals surface area contributed by atoms with Crippen molar-refractivity contribution in [3.63, 3.8) is 0 Å². The summed E-state index contributed by atoms with van der Waals surface area (Å²) in [7, 11) is -3.63. The zero-order valence-electron chi connectivity index (χ0n) is 14.6. The monoisotopic (exact) mass is 449 g/mol. The van der Waals surface area contributed by atoms with E-state index in [-0.39, 0.29) is 11.4 Å². The van der Waals surface area contributed by atoms with Gasteiger partial charge in [-0.1, -0.05) is 29.8 Å². The van der Waals surface area contributed by atoms with E-state index in [1.807, 2.05) is 35.0 Å². The third kappa shape index (κ3) is 4.06. The molecular weight excluding hydrogens is 434 g/mol. The lowest BCUT2D eigenvalue weighted by Gasteiger charge is -2.08.